The predicted octanol–water partition coefficient (Wildman–Crippen LogP) is 3.90. The zero-order valence-corrected chi connectivity index (χ0v) is 14.6. The van der Waals surface area contributed by atoms with Gasteiger partial charge in [-0.15, -0.1) is 0 Å². The minimum Gasteiger partial charge on any atom is -0.366 e. The summed E-state index contributed by atoms with van der Waals surface area (Å²) in [5.74, 6) is 1.73. The molecule has 2 heterocycles. The summed E-state index contributed by atoms with van der Waals surface area (Å²) in [4.78, 5) is 15.2. The van der Waals surface area contributed by atoms with Gasteiger partial charge in [0.2, 0.25) is 0 Å². The smallest absolute Gasteiger partial charge is 0.134 e. The van der Waals surface area contributed by atoms with E-state index in [1.54, 1.807) is 12.5 Å². The molecule has 5 heteroatoms. The molecule has 0 aliphatic heterocycles. The van der Waals surface area contributed by atoms with Gasteiger partial charge in [0.25, 0.3) is 0 Å². The molecule has 0 saturated carbocycles. The number of nitrogens with one attached hydrogen (secondary N) is 1. The average Bonchev–Trinajstić information content (AvgIpc) is 2.66. The zero-order chi connectivity index (χ0) is 17.5. The highest BCUT2D eigenvalue weighted by atomic mass is 15.2. The molecule has 0 aliphatic rings. The molecule has 0 atom stereocenters. The highest BCUT2D eigenvalue weighted by molar-refractivity contribution is 5.49. The van der Waals surface area contributed by atoms with Crippen LogP contribution in [0.15, 0.2) is 67.3 Å². The topological polar surface area (TPSA) is 53.9 Å². The third-order valence-electron chi connectivity index (χ3n) is 3.96. The minimum atomic E-state index is 0.335. The van der Waals surface area contributed by atoms with E-state index in [0.29, 0.717) is 12.6 Å². The molecule has 0 spiro atoms. The van der Waals surface area contributed by atoms with Gasteiger partial charge in [-0.1, -0.05) is 36.4 Å². The largest absolute Gasteiger partial charge is 0.366 e. The van der Waals surface area contributed by atoms with E-state index in [1.165, 1.54) is 5.56 Å². The Morgan fingerprint density at radius 3 is 2.52 bits per heavy atom. The number of anilines is 2. The summed E-state index contributed by atoms with van der Waals surface area (Å²) < 4.78 is 0. The van der Waals surface area contributed by atoms with E-state index in [2.05, 4.69) is 63.3 Å². The maximum absolute atomic E-state index is 4.47. The van der Waals surface area contributed by atoms with E-state index in [9.17, 15) is 0 Å². The molecule has 5 nitrogen and oxygen atoms in total. The van der Waals surface area contributed by atoms with Crippen LogP contribution in [-0.4, -0.2) is 21.0 Å². The van der Waals surface area contributed by atoms with Crippen molar-refractivity contribution in [3.05, 3.63) is 78.4 Å². The molecular formula is C20H23N5. The fraction of sp³-hybridized carbons (Fsp3) is 0.250. The van der Waals surface area contributed by atoms with Crippen LogP contribution in [0.25, 0.3) is 0 Å². The molecule has 0 bridgehead atoms. The van der Waals surface area contributed by atoms with Crippen LogP contribution in [0.3, 0.4) is 0 Å². The highest BCUT2D eigenvalue weighted by Gasteiger charge is 2.13. The van der Waals surface area contributed by atoms with E-state index in [1.807, 2.05) is 30.5 Å². The van der Waals surface area contributed by atoms with E-state index in [0.717, 1.165) is 23.7 Å². The highest BCUT2D eigenvalue weighted by Crippen LogP contribution is 2.20. The Bertz CT molecular complexity index is 774. The molecule has 0 saturated heterocycles. The molecule has 128 valence electrons. The summed E-state index contributed by atoms with van der Waals surface area (Å²) >= 11 is 0. The second kappa shape index (κ2) is 8.24. The molecule has 1 N–H and O–H groups in total. The van der Waals surface area contributed by atoms with E-state index in [4.69, 9.17) is 0 Å². The Hall–Kier alpha value is -2.95. The molecule has 0 unspecified atom stereocenters. The Kier molecular flexibility index (Phi) is 5.57. The van der Waals surface area contributed by atoms with Crippen LogP contribution in [0.5, 0.6) is 0 Å². The second-order valence-electron chi connectivity index (χ2n) is 6.18. The van der Waals surface area contributed by atoms with Crippen LogP contribution in [0.2, 0.25) is 0 Å². The van der Waals surface area contributed by atoms with Crippen LogP contribution >= 0.6 is 0 Å². The summed E-state index contributed by atoms with van der Waals surface area (Å²) in [7, 11) is 0. The quantitative estimate of drug-likeness (QED) is 0.711. The van der Waals surface area contributed by atoms with E-state index in [-0.39, 0.29) is 0 Å². The Balaban J connectivity index is 1.73. The first kappa shape index (κ1) is 16.9. The molecule has 1 aromatic carbocycles. The first-order valence-corrected chi connectivity index (χ1v) is 8.48. The van der Waals surface area contributed by atoms with Gasteiger partial charge >= 0.3 is 0 Å². The van der Waals surface area contributed by atoms with Gasteiger partial charge in [0, 0.05) is 37.6 Å². The van der Waals surface area contributed by atoms with Crippen molar-refractivity contribution in [1.29, 1.82) is 0 Å². The van der Waals surface area contributed by atoms with Crippen molar-refractivity contribution in [3.8, 4) is 0 Å². The summed E-state index contributed by atoms with van der Waals surface area (Å²) in [6.45, 7) is 5.85. The van der Waals surface area contributed by atoms with Crippen molar-refractivity contribution < 1.29 is 0 Å². The van der Waals surface area contributed by atoms with Gasteiger partial charge in [-0.25, -0.2) is 9.97 Å². The number of pyridine rings is 1. The molecule has 0 fully saturated rings. The monoisotopic (exact) mass is 333 g/mol. The van der Waals surface area contributed by atoms with Gasteiger partial charge in [-0.3, -0.25) is 4.98 Å². The van der Waals surface area contributed by atoms with Gasteiger partial charge in [0.1, 0.15) is 18.0 Å². The van der Waals surface area contributed by atoms with Crippen molar-refractivity contribution in [2.24, 2.45) is 0 Å². The van der Waals surface area contributed by atoms with Crippen LogP contribution < -0.4 is 10.2 Å². The van der Waals surface area contributed by atoms with Gasteiger partial charge in [0.15, 0.2) is 0 Å². The average molecular weight is 333 g/mol. The first-order valence-electron chi connectivity index (χ1n) is 8.48. The fourth-order valence-electron chi connectivity index (χ4n) is 2.60. The van der Waals surface area contributed by atoms with Crippen LogP contribution in [0, 0.1) is 0 Å². The lowest BCUT2D eigenvalue weighted by Gasteiger charge is -2.28. The molecule has 0 aliphatic carbocycles. The minimum absolute atomic E-state index is 0.335. The van der Waals surface area contributed by atoms with Crippen molar-refractivity contribution in [1.82, 2.24) is 15.0 Å². The summed E-state index contributed by atoms with van der Waals surface area (Å²) in [6, 6.07) is 16.7. The number of aromatic nitrogens is 3. The molecule has 0 amide bonds. The Labute approximate surface area is 148 Å². The van der Waals surface area contributed by atoms with Gasteiger partial charge in [-0.2, -0.15) is 0 Å². The van der Waals surface area contributed by atoms with Gasteiger partial charge in [-0.05, 0) is 31.0 Å². The van der Waals surface area contributed by atoms with Crippen molar-refractivity contribution in [2.45, 2.75) is 33.0 Å². The van der Waals surface area contributed by atoms with Crippen LogP contribution in [0.1, 0.15) is 25.0 Å². The molecule has 3 rings (SSSR count). The lowest BCUT2D eigenvalue weighted by Crippen LogP contribution is -2.31. The lowest BCUT2D eigenvalue weighted by atomic mass is 10.2. The Morgan fingerprint density at radius 2 is 1.80 bits per heavy atom. The normalized spacial score (nSPS) is 10.7. The molecule has 2 aromatic heterocycles. The SMILES string of the molecule is CC(C)N(Cc1ccccc1)c1cc(NCc2cccnc2)ncn1. The zero-order valence-electron chi connectivity index (χ0n) is 14.6. The maximum Gasteiger partial charge on any atom is 0.134 e. The molecule has 0 radical (unpaired) electrons. The molecule has 3 aromatic rings. The van der Waals surface area contributed by atoms with Crippen molar-refractivity contribution in [2.75, 3.05) is 10.2 Å². The van der Waals surface area contributed by atoms with Crippen LogP contribution in [0.4, 0.5) is 11.6 Å². The maximum atomic E-state index is 4.47. The number of benzene rings is 1. The number of hydrogen-bond donors (Lipinski definition) is 1. The van der Waals surface area contributed by atoms with E-state index >= 15 is 0 Å². The van der Waals surface area contributed by atoms with E-state index < -0.39 is 0 Å². The van der Waals surface area contributed by atoms with Crippen molar-refractivity contribution in [3.63, 3.8) is 0 Å². The van der Waals surface area contributed by atoms with Crippen molar-refractivity contribution >= 4 is 11.6 Å². The van der Waals surface area contributed by atoms with Gasteiger partial charge < -0.3 is 10.2 Å². The van der Waals surface area contributed by atoms with Crippen LogP contribution in [-0.2, 0) is 13.1 Å². The predicted molar refractivity (Wildman–Crippen MR) is 101 cm³/mol. The Morgan fingerprint density at radius 1 is 1.00 bits per heavy atom. The number of hydrogen-bond acceptors (Lipinski definition) is 5. The van der Waals surface area contributed by atoms with Gasteiger partial charge in [0.05, 0.1) is 0 Å². The summed E-state index contributed by atoms with van der Waals surface area (Å²) in [5, 5.41) is 3.34. The number of nitrogens with zero attached hydrogens (tertiary/aromatic N) is 4. The standard InChI is InChI=1S/C20H23N5/c1-16(2)25(14-17-7-4-3-5-8-17)20-11-19(23-15-24-20)22-13-18-9-6-10-21-12-18/h3-12,15-16H,13-14H2,1-2H3,(H,22,23,24). The first-order chi connectivity index (χ1) is 12.2. The summed E-state index contributed by atoms with van der Waals surface area (Å²) in [5.41, 5.74) is 2.38. The molecule has 25 heavy (non-hydrogen) atoms. The number of rotatable bonds is 7. The fourth-order valence-corrected chi connectivity index (χ4v) is 2.60. The molecular weight excluding hydrogens is 310 g/mol. The summed E-state index contributed by atoms with van der Waals surface area (Å²) in [6.07, 6.45) is 5.24. The second-order valence-corrected chi connectivity index (χ2v) is 6.18. The third kappa shape index (κ3) is 4.76. The lowest BCUT2D eigenvalue weighted by molar-refractivity contribution is 0.671. The third-order valence-corrected chi connectivity index (χ3v) is 3.96.